The number of aromatic nitrogens is 2. The van der Waals surface area contributed by atoms with Gasteiger partial charge in [0.2, 0.25) is 11.6 Å². The number of pyridine rings is 1. The highest BCUT2D eigenvalue weighted by molar-refractivity contribution is 7.92. The molecule has 0 aliphatic heterocycles. The summed E-state index contributed by atoms with van der Waals surface area (Å²) < 4.78 is 38.7. The molecule has 9 nitrogen and oxygen atoms in total. The normalized spacial score (nSPS) is 11.2. The number of hydrogen-bond donors (Lipinski definition) is 1. The zero-order valence-corrected chi connectivity index (χ0v) is 18.1. The monoisotopic (exact) mass is 449 g/mol. The number of anilines is 2. The molecule has 4 rings (SSSR count). The number of sulfonamides is 1. The van der Waals surface area contributed by atoms with Crippen molar-refractivity contribution in [3.05, 3.63) is 77.9 Å². The molecule has 0 saturated heterocycles. The lowest BCUT2D eigenvalue weighted by molar-refractivity contribution is 0.499. The Morgan fingerprint density at radius 2 is 1.94 bits per heavy atom. The Hall–Kier alpha value is -4.10. The molecular weight excluding hydrogens is 430 g/mol. The highest BCUT2D eigenvalue weighted by atomic mass is 32.2. The van der Waals surface area contributed by atoms with Crippen molar-refractivity contribution >= 4 is 21.6 Å². The van der Waals surface area contributed by atoms with E-state index in [-0.39, 0.29) is 33.9 Å². The highest BCUT2D eigenvalue weighted by Gasteiger charge is 2.28. The van der Waals surface area contributed by atoms with Gasteiger partial charge in [0.25, 0.3) is 15.9 Å². The minimum atomic E-state index is -3.88. The maximum atomic E-state index is 13.1. The van der Waals surface area contributed by atoms with E-state index in [2.05, 4.69) is 15.3 Å². The van der Waals surface area contributed by atoms with E-state index in [1.165, 1.54) is 17.4 Å². The summed E-state index contributed by atoms with van der Waals surface area (Å²) in [6.07, 6.45) is 3.35. The van der Waals surface area contributed by atoms with Crippen molar-refractivity contribution in [1.29, 1.82) is 5.26 Å². The van der Waals surface area contributed by atoms with Crippen LogP contribution in [0.15, 0.2) is 74.7 Å². The van der Waals surface area contributed by atoms with Crippen molar-refractivity contribution in [2.75, 3.05) is 16.7 Å². The van der Waals surface area contributed by atoms with E-state index >= 15 is 0 Å². The Morgan fingerprint density at radius 1 is 1.16 bits per heavy atom. The first-order chi connectivity index (χ1) is 15.4. The lowest BCUT2D eigenvalue weighted by Gasteiger charge is -2.18. The van der Waals surface area contributed by atoms with Crippen LogP contribution in [0, 0.1) is 18.3 Å². The van der Waals surface area contributed by atoms with Crippen LogP contribution in [0.3, 0.4) is 0 Å². The van der Waals surface area contributed by atoms with Gasteiger partial charge in [-0.05, 0) is 30.7 Å². The number of nitrogens with one attached hydrogen (secondary N) is 1. The second kappa shape index (κ2) is 8.56. The van der Waals surface area contributed by atoms with Gasteiger partial charge in [0.1, 0.15) is 16.7 Å². The molecule has 0 aliphatic carbocycles. The molecule has 0 fully saturated rings. The zero-order valence-electron chi connectivity index (χ0n) is 17.3. The maximum absolute atomic E-state index is 13.1. The Labute approximate surface area is 185 Å². The number of rotatable bonds is 7. The summed E-state index contributed by atoms with van der Waals surface area (Å²) in [5.74, 6) is 0.450. The molecule has 0 unspecified atom stereocenters. The second-order valence-electron chi connectivity index (χ2n) is 6.86. The van der Waals surface area contributed by atoms with Gasteiger partial charge in [0.05, 0.1) is 5.69 Å². The molecule has 1 N–H and O–H groups in total. The number of hydrogen-bond acceptors (Lipinski definition) is 8. The molecule has 10 heteroatoms. The number of para-hydroxylation sites is 1. The molecule has 0 amide bonds. The fourth-order valence-corrected chi connectivity index (χ4v) is 4.41. The summed E-state index contributed by atoms with van der Waals surface area (Å²) >= 11 is 0. The van der Waals surface area contributed by atoms with E-state index in [4.69, 9.17) is 8.83 Å². The van der Waals surface area contributed by atoms with Crippen LogP contribution in [0.5, 0.6) is 0 Å². The Balaban J connectivity index is 1.62. The summed E-state index contributed by atoms with van der Waals surface area (Å²) in [4.78, 5) is 8.17. The SMILES string of the molecule is Cc1oc(-c2nc(C#N)c(NCc3cccnc3)o2)cc1S(=O)(=O)N(C)c1ccccc1. The highest BCUT2D eigenvalue weighted by Crippen LogP contribution is 2.33. The third kappa shape index (κ3) is 4.06. The van der Waals surface area contributed by atoms with E-state index in [1.54, 1.807) is 55.7 Å². The van der Waals surface area contributed by atoms with Crippen LogP contribution < -0.4 is 9.62 Å². The van der Waals surface area contributed by atoms with Crippen molar-refractivity contribution in [3.8, 4) is 17.7 Å². The van der Waals surface area contributed by atoms with Crippen LogP contribution in [0.2, 0.25) is 0 Å². The Bertz CT molecular complexity index is 1370. The molecule has 3 aromatic heterocycles. The summed E-state index contributed by atoms with van der Waals surface area (Å²) in [5, 5.41) is 12.4. The van der Waals surface area contributed by atoms with Crippen molar-refractivity contribution in [1.82, 2.24) is 9.97 Å². The summed E-state index contributed by atoms with van der Waals surface area (Å²) in [6.45, 7) is 1.92. The molecule has 32 heavy (non-hydrogen) atoms. The molecule has 4 aromatic rings. The third-order valence-corrected chi connectivity index (χ3v) is 6.64. The minimum Gasteiger partial charge on any atom is -0.455 e. The van der Waals surface area contributed by atoms with Gasteiger partial charge in [-0.1, -0.05) is 24.3 Å². The first-order valence-electron chi connectivity index (χ1n) is 9.58. The van der Waals surface area contributed by atoms with Gasteiger partial charge in [-0.3, -0.25) is 9.29 Å². The standard InChI is InChI=1S/C22H19N5O4S/c1-15-20(32(28,29)27(2)17-8-4-3-5-9-17)11-19(30-15)22-26-18(12-23)21(31-22)25-14-16-7-6-10-24-13-16/h3-11,13,25H,14H2,1-2H3. The average Bonchev–Trinajstić information content (AvgIpc) is 3.42. The largest absolute Gasteiger partial charge is 0.455 e. The summed E-state index contributed by atoms with van der Waals surface area (Å²) in [6, 6.07) is 15.7. The molecule has 162 valence electrons. The lowest BCUT2D eigenvalue weighted by atomic mass is 10.3. The Morgan fingerprint density at radius 3 is 2.62 bits per heavy atom. The number of oxazole rings is 1. The van der Waals surface area contributed by atoms with Gasteiger partial charge in [0, 0.05) is 32.1 Å². The number of aryl methyl sites for hydroxylation is 1. The predicted octanol–water partition coefficient (Wildman–Crippen LogP) is 3.95. The van der Waals surface area contributed by atoms with Crippen LogP contribution in [0.4, 0.5) is 11.6 Å². The summed E-state index contributed by atoms with van der Waals surface area (Å²) in [7, 11) is -2.41. The third-order valence-electron chi connectivity index (χ3n) is 4.75. The van der Waals surface area contributed by atoms with Gasteiger partial charge in [-0.15, -0.1) is 0 Å². The maximum Gasteiger partial charge on any atom is 0.267 e. The smallest absolute Gasteiger partial charge is 0.267 e. The quantitative estimate of drug-likeness (QED) is 0.450. The summed E-state index contributed by atoms with van der Waals surface area (Å²) in [5.41, 5.74) is 1.43. The van der Waals surface area contributed by atoms with Crippen molar-refractivity contribution in [3.63, 3.8) is 0 Å². The van der Waals surface area contributed by atoms with Crippen molar-refractivity contribution < 1.29 is 17.3 Å². The molecule has 0 saturated carbocycles. The molecule has 1 aromatic carbocycles. The van der Waals surface area contributed by atoms with E-state index in [1.807, 2.05) is 12.1 Å². The molecule has 0 radical (unpaired) electrons. The molecule has 3 heterocycles. The fourth-order valence-electron chi connectivity index (χ4n) is 3.06. The van der Waals surface area contributed by atoms with Crippen LogP contribution in [-0.2, 0) is 16.6 Å². The number of furan rings is 1. The first kappa shape index (κ1) is 21.1. The topological polar surface area (TPSA) is 125 Å². The van der Waals surface area contributed by atoms with E-state index in [9.17, 15) is 13.7 Å². The van der Waals surface area contributed by atoms with E-state index < -0.39 is 10.0 Å². The van der Waals surface area contributed by atoms with Gasteiger partial charge in [0.15, 0.2) is 5.76 Å². The van der Waals surface area contributed by atoms with E-state index in [0.29, 0.717) is 12.2 Å². The number of nitriles is 1. The van der Waals surface area contributed by atoms with Gasteiger partial charge >= 0.3 is 0 Å². The number of benzene rings is 1. The molecule has 0 spiro atoms. The van der Waals surface area contributed by atoms with Gasteiger partial charge < -0.3 is 14.2 Å². The Kier molecular flexibility index (Phi) is 5.66. The molecule has 0 aliphatic rings. The fraction of sp³-hybridized carbons (Fsp3) is 0.136. The lowest BCUT2D eigenvalue weighted by Crippen LogP contribution is -2.26. The average molecular weight is 449 g/mol. The van der Waals surface area contributed by atoms with Crippen molar-refractivity contribution in [2.24, 2.45) is 0 Å². The van der Waals surface area contributed by atoms with Gasteiger partial charge in [-0.25, -0.2) is 8.42 Å². The first-order valence-corrected chi connectivity index (χ1v) is 11.0. The van der Waals surface area contributed by atoms with Crippen LogP contribution in [0.1, 0.15) is 17.0 Å². The van der Waals surface area contributed by atoms with E-state index in [0.717, 1.165) is 5.56 Å². The number of nitrogens with zero attached hydrogens (tertiary/aromatic N) is 4. The minimum absolute atomic E-state index is 0.00199. The van der Waals surface area contributed by atoms with Gasteiger partial charge in [-0.2, -0.15) is 10.2 Å². The molecular formula is C22H19N5O4S. The predicted molar refractivity (Wildman–Crippen MR) is 117 cm³/mol. The van der Waals surface area contributed by atoms with Crippen LogP contribution in [0.25, 0.3) is 11.7 Å². The molecule has 0 atom stereocenters. The second-order valence-corrected chi connectivity index (χ2v) is 8.80. The van der Waals surface area contributed by atoms with Crippen LogP contribution in [-0.4, -0.2) is 25.4 Å². The van der Waals surface area contributed by atoms with Crippen LogP contribution >= 0.6 is 0 Å². The van der Waals surface area contributed by atoms with Crippen molar-refractivity contribution in [2.45, 2.75) is 18.4 Å². The molecule has 0 bridgehead atoms. The zero-order chi connectivity index (χ0) is 22.7.